The predicted molar refractivity (Wildman–Crippen MR) is 385 cm³/mol. The molecule has 13 aromatic rings. The zero-order valence-corrected chi connectivity index (χ0v) is 53.5. The summed E-state index contributed by atoms with van der Waals surface area (Å²) < 4.78 is 5.40. The van der Waals surface area contributed by atoms with Gasteiger partial charge in [-0.2, -0.15) is 0 Å². The Morgan fingerprint density at radius 2 is 0.441 bits per heavy atom. The van der Waals surface area contributed by atoms with Crippen LogP contribution in [0.4, 0.5) is 0 Å². The molecule has 0 spiro atoms. The van der Waals surface area contributed by atoms with Crippen molar-refractivity contribution < 1.29 is 0 Å². The van der Waals surface area contributed by atoms with Gasteiger partial charge in [0.2, 0.25) is 0 Å². The maximum Gasteiger partial charge on any atom is 0.259 e. The van der Waals surface area contributed by atoms with Crippen LogP contribution in [0, 0.1) is 71.0 Å². The molecule has 0 fully saturated rings. The Bertz CT molecular complexity index is 4490. The lowest BCUT2D eigenvalue weighted by molar-refractivity contribution is 0.582. The second-order valence-electron chi connectivity index (χ2n) is 23.0. The highest BCUT2D eigenvalue weighted by atomic mass is 16.1. The van der Waals surface area contributed by atoms with E-state index in [1.54, 1.807) is 13.7 Å². The Morgan fingerprint density at radius 1 is 0.237 bits per heavy atom. The van der Waals surface area contributed by atoms with Crippen LogP contribution in [-0.4, -0.2) is 13.7 Å². The van der Waals surface area contributed by atoms with E-state index in [0.717, 1.165) is 91.2 Å². The van der Waals surface area contributed by atoms with Gasteiger partial charge in [-0.25, -0.2) is 0 Å². The Hall–Kier alpha value is -11.3. The number of aryl methyl sites for hydroxylation is 3. The van der Waals surface area contributed by atoms with E-state index in [1.165, 1.54) is 0 Å². The summed E-state index contributed by atoms with van der Waals surface area (Å²) in [5, 5.41) is 0.845. The van der Waals surface area contributed by atoms with Crippen molar-refractivity contribution in [2.75, 3.05) is 0 Å². The van der Waals surface area contributed by atoms with Crippen LogP contribution in [-0.2, 0) is 19.6 Å². The highest BCUT2D eigenvalue weighted by Crippen LogP contribution is 2.24. The fourth-order valence-electron chi connectivity index (χ4n) is 11.1. The van der Waals surface area contributed by atoms with Crippen molar-refractivity contribution in [2.24, 2.45) is 0 Å². The largest absolute Gasteiger partial charge is 0.307 e. The van der Waals surface area contributed by atoms with Gasteiger partial charge in [-0.3, -0.25) is 14.4 Å². The molecular weight excluding hydrogens is 1130 g/mol. The summed E-state index contributed by atoms with van der Waals surface area (Å²) >= 11 is 0. The summed E-state index contributed by atoms with van der Waals surface area (Å²) in [6.07, 6.45) is 10.3. The van der Waals surface area contributed by atoms with Gasteiger partial charge in [-0.1, -0.05) is 259 Å². The fourth-order valence-corrected chi connectivity index (χ4v) is 11.1. The molecule has 4 heterocycles. The van der Waals surface area contributed by atoms with E-state index in [-0.39, 0.29) is 32.8 Å². The molecular formula is C87H75N3O3. The number of hydrogen-bond acceptors (Lipinski definition) is 3. The number of benzene rings is 9. The average Bonchev–Trinajstić information content (AvgIpc) is 0.783. The SMILES string of the molecule is CCCCCCn1c(=O)c2cc(C#Cc3ccccc3)c(cc2C#Cc2ccccc2)n(CCCCCC)c(=O)c2cc(C#Cc3ccccc3)c(cc2C#Cc2ccccc2)n(CCCCCC)c(=O)c2cc(C#Cc3ccccc3)c1cc2C#Cc1ccccc1. The first-order valence-corrected chi connectivity index (χ1v) is 32.7. The van der Waals surface area contributed by atoms with Crippen LogP contribution in [0.2, 0.25) is 0 Å². The normalized spacial score (nSPS) is 10.4. The highest BCUT2D eigenvalue weighted by Gasteiger charge is 2.18. The molecule has 0 N–H and O–H groups in total. The van der Waals surface area contributed by atoms with Gasteiger partial charge in [-0.05, 0) is 128 Å². The van der Waals surface area contributed by atoms with Crippen LogP contribution in [0.15, 0.2) is 233 Å². The molecule has 0 amide bonds. The van der Waals surface area contributed by atoms with Crippen LogP contribution in [0.25, 0.3) is 32.7 Å². The van der Waals surface area contributed by atoms with Gasteiger partial charge >= 0.3 is 0 Å². The first kappa shape index (κ1) is 64.7. The lowest BCUT2D eigenvalue weighted by Gasteiger charge is -2.15. The van der Waals surface area contributed by atoms with E-state index >= 15 is 14.4 Å². The first-order valence-electron chi connectivity index (χ1n) is 32.7. The molecule has 6 heteroatoms. The zero-order chi connectivity index (χ0) is 64.4. The lowest BCUT2D eigenvalue weighted by Crippen LogP contribution is -2.24. The molecule has 6 nitrogen and oxygen atoms in total. The molecule has 6 bridgehead atoms. The maximum absolute atomic E-state index is 16.7. The number of unbranched alkanes of at least 4 members (excludes halogenated alkanes) is 9. The minimum Gasteiger partial charge on any atom is -0.307 e. The van der Waals surface area contributed by atoms with Crippen LogP contribution in [0.5, 0.6) is 0 Å². The number of rotatable bonds is 15. The third-order valence-electron chi connectivity index (χ3n) is 16.1. The van der Waals surface area contributed by atoms with Gasteiger partial charge in [0, 0.05) is 86.4 Å². The Balaban J connectivity index is 1.55. The molecule has 0 atom stereocenters. The van der Waals surface area contributed by atoms with Gasteiger partial charge in [-0.15, -0.1) is 0 Å². The topological polar surface area (TPSA) is 66.0 Å². The highest BCUT2D eigenvalue weighted by molar-refractivity contribution is 5.83. The first-order chi connectivity index (χ1) is 45.8. The maximum atomic E-state index is 16.7. The Labute approximate surface area is 548 Å². The summed E-state index contributed by atoms with van der Waals surface area (Å²) in [5.41, 5.74) is 7.47. The number of hydrogen-bond donors (Lipinski definition) is 0. The van der Waals surface area contributed by atoms with Crippen molar-refractivity contribution in [3.05, 3.63) is 316 Å². The molecule has 13 rings (SSSR count). The minimum absolute atomic E-state index is 0.282. The van der Waals surface area contributed by atoms with E-state index in [9.17, 15) is 0 Å². The molecule has 0 saturated heterocycles. The molecule has 93 heavy (non-hydrogen) atoms. The van der Waals surface area contributed by atoms with Crippen molar-refractivity contribution >= 4 is 32.7 Å². The van der Waals surface area contributed by atoms with Crippen LogP contribution in [0.3, 0.4) is 0 Å². The van der Waals surface area contributed by atoms with Gasteiger partial charge < -0.3 is 13.7 Å². The molecule has 4 aromatic heterocycles. The predicted octanol–water partition coefficient (Wildman–Crippen LogP) is 17.5. The molecule has 9 aromatic carbocycles. The van der Waals surface area contributed by atoms with Crippen LogP contribution >= 0.6 is 0 Å². The van der Waals surface area contributed by atoms with Gasteiger partial charge in [0.05, 0.1) is 32.7 Å². The molecule has 0 aliphatic carbocycles. The quantitative estimate of drug-likeness (QED) is 0.0759. The molecule has 0 saturated carbocycles. The Kier molecular flexibility index (Phi) is 23.3. The summed E-state index contributed by atoms with van der Waals surface area (Å²) in [6.45, 7) is 7.39. The minimum atomic E-state index is -0.351. The van der Waals surface area contributed by atoms with Crippen molar-refractivity contribution in [3.8, 4) is 71.0 Å². The standard InChI is InChI=1S/C87H75N3O3/c1-4-7-10-31-58-88-82-64-73(52-46-67-34-19-13-20-35-67)80(61-76(82)55-49-70-40-25-16-26-41-70)86(92)90(60-33-12-9-6-3)84-66-75(54-48-69-38-23-15-24-39-69)81(63-78(84)57-51-72-44-29-18-30-45-72)87(93)89(59-32-11-8-5-2)83-65-74(53-47-68-36-21-14-22-37-68)79(85(88)91)62-77(83)56-50-71-42-27-17-28-43-71/h13-30,34-45,61-66H,4-12,31-33,58-60H2,1-3H3. The van der Waals surface area contributed by atoms with Crippen molar-refractivity contribution in [1.29, 1.82) is 0 Å². The van der Waals surface area contributed by atoms with Crippen LogP contribution < -0.4 is 16.7 Å². The second kappa shape index (κ2) is 33.5. The average molecular weight is 1210 g/mol. The number of fused-ring (bicyclic) bond motifs is 3. The molecule has 0 unspecified atom stereocenters. The lowest BCUT2D eigenvalue weighted by atomic mass is 10.0. The second-order valence-corrected chi connectivity index (χ2v) is 23.0. The summed E-state index contributed by atoms with van der Waals surface area (Å²) in [7, 11) is 0. The van der Waals surface area contributed by atoms with E-state index in [4.69, 9.17) is 0 Å². The van der Waals surface area contributed by atoms with Crippen molar-refractivity contribution in [1.82, 2.24) is 13.7 Å². The molecule has 0 aliphatic rings. The molecule has 0 aliphatic heterocycles. The third-order valence-corrected chi connectivity index (χ3v) is 16.1. The summed E-state index contributed by atoms with van der Waals surface area (Å²) in [4.78, 5) is 50.1. The smallest absolute Gasteiger partial charge is 0.259 e. The van der Waals surface area contributed by atoms with Crippen LogP contribution in [0.1, 0.15) is 165 Å². The van der Waals surface area contributed by atoms with Gasteiger partial charge in [0.15, 0.2) is 0 Å². The van der Waals surface area contributed by atoms with E-state index in [0.29, 0.717) is 88.8 Å². The summed E-state index contributed by atoms with van der Waals surface area (Å²) in [5.74, 6) is 41.5. The van der Waals surface area contributed by atoms with Crippen molar-refractivity contribution in [2.45, 2.75) is 117 Å². The number of nitrogens with zero attached hydrogens (tertiary/aromatic N) is 3. The van der Waals surface area contributed by atoms with E-state index in [1.807, 2.05) is 218 Å². The third kappa shape index (κ3) is 17.6. The molecule has 456 valence electrons. The molecule has 0 radical (unpaired) electrons. The van der Waals surface area contributed by atoms with E-state index in [2.05, 4.69) is 91.8 Å². The monoisotopic (exact) mass is 1210 g/mol. The summed E-state index contributed by atoms with van der Waals surface area (Å²) in [6, 6.07) is 69.4. The van der Waals surface area contributed by atoms with Crippen molar-refractivity contribution in [3.63, 3.8) is 0 Å². The van der Waals surface area contributed by atoms with Gasteiger partial charge in [0.1, 0.15) is 0 Å². The van der Waals surface area contributed by atoms with Gasteiger partial charge in [0.25, 0.3) is 16.7 Å². The fraction of sp³-hybridized carbons (Fsp3) is 0.207. The Morgan fingerprint density at radius 3 is 0.645 bits per heavy atom. The van der Waals surface area contributed by atoms with E-state index < -0.39 is 0 Å². The number of aromatic nitrogens is 3. The zero-order valence-electron chi connectivity index (χ0n) is 53.5.